The molecule has 0 aliphatic heterocycles. The number of rotatable bonds is 5. The van der Waals surface area contributed by atoms with Gasteiger partial charge in [-0.25, -0.2) is 4.79 Å². The van der Waals surface area contributed by atoms with Gasteiger partial charge in [-0.1, -0.05) is 37.3 Å². The molecule has 116 valence electrons. The minimum atomic E-state index is -0.942. The average molecular weight is 293 g/mol. The molecule has 0 bridgehead atoms. The van der Waals surface area contributed by atoms with Crippen LogP contribution in [0.4, 0.5) is 4.79 Å². The van der Waals surface area contributed by atoms with Gasteiger partial charge in [0.15, 0.2) is 0 Å². The van der Waals surface area contributed by atoms with E-state index >= 15 is 0 Å². The van der Waals surface area contributed by atoms with Crippen LogP contribution in [0.3, 0.4) is 0 Å². The van der Waals surface area contributed by atoms with Gasteiger partial charge in [-0.2, -0.15) is 0 Å². The van der Waals surface area contributed by atoms with Gasteiger partial charge in [0.1, 0.15) is 5.60 Å². The number of carbonyl (C=O) groups is 2. The highest BCUT2D eigenvalue weighted by atomic mass is 16.6. The number of ether oxygens (including phenoxy) is 1. The van der Waals surface area contributed by atoms with E-state index in [-0.39, 0.29) is 0 Å². The summed E-state index contributed by atoms with van der Waals surface area (Å²) >= 11 is 0. The molecule has 0 saturated heterocycles. The number of hydrogen-bond donors (Lipinski definition) is 2. The fourth-order valence-electron chi connectivity index (χ4n) is 2.06. The van der Waals surface area contributed by atoms with Gasteiger partial charge in [-0.3, -0.25) is 4.79 Å². The average Bonchev–Trinajstić information content (AvgIpc) is 2.37. The van der Waals surface area contributed by atoms with E-state index in [9.17, 15) is 14.7 Å². The van der Waals surface area contributed by atoms with Crippen molar-refractivity contribution in [2.45, 2.75) is 45.8 Å². The monoisotopic (exact) mass is 293 g/mol. The van der Waals surface area contributed by atoms with Crippen molar-refractivity contribution >= 4 is 12.1 Å². The van der Waals surface area contributed by atoms with Crippen LogP contribution in [0.15, 0.2) is 30.3 Å². The molecular formula is C16H23NO4. The maximum Gasteiger partial charge on any atom is 0.408 e. The number of carboxylic acid groups (broad SMARTS) is 1. The third-order valence-corrected chi connectivity index (χ3v) is 2.99. The van der Waals surface area contributed by atoms with Crippen LogP contribution in [0.5, 0.6) is 0 Å². The van der Waals surface area contributed by atoms with E-state index in [1.54, 1.807) is 39.8 Å². The first kappa shape index (κ1) is 17.0. The molecule has 2 unspecified atom stereocenters. The number of nitrogens with one attached hydrogen (secondary N) is 1. The molecule has 1 rings (SSSR count). The number of hydrogen-bond acceptors (Lipinski definition) is 3. The zero-order valence-electron chi connectivity index (χ0n) is 12.9. The lowest BCUT2D eigenvalue weighted by molar-refractivity contribution is -0.142. The van der Waals surface area contributed by atoms with Crippen molar-refractivity contribution in [3.05, 3.63) is 35.9 Å². The largest absolute Gasteiger partial charge is 0.481 e. The van der Waals surface area contributed by atoms with E-state index in [0.29, 0.717) is 6.42 Å². The molecule has 1 amide bonds. The van der Waals surface area contributed by atoms with Gasteiger partial charge >= 0.3 is 12.1 Å². The molecule has 2 N–H and O–H groups in total. The van der Waals surface area contributed by atoms with Crippen molar-refractivity contribution in [3.63, 3.8) is 0 Å². The van der Waals surface area contributed by atoms with Crippen LogP contribution in [0, 0.1) is 5.92 Å². The summed E-state index contributed by atoms with van der Waals surface area (Å²) in [5.41, 5.74) is 0.119. The first-order chi connectivity index (χ1) is 9.74. The number of carboxylic acids is 1. The summed E-state index contributed by atoms with van der Waals surface area (Å²) in [5, 5.41) is 12.0. The molecule has 0 saturated carbocycles. The predicted octanol–water partition coefficient (Wildman–Crippen LogP) is 3.36. The lowest BCUT2D eigenvalue weighted by Gasteiger charge is -2.27. The van der Waals surface area contributed by atoms with E-state index in [1.165, 1.54) is 0 Å². The minimum Gasteiger partial charge on any atom is -0.481 e. The predicted molar refractivity (Wildman–Crippen MR) is 80.0 cm³/mol. The molecule has 0 radical (unpaired) electrons. The Morgan fingerprint density at radius 3 is 2.24 bits per heavy atom. The highest BCUT2D eigenvalue weighted by Crippen LogP contribution is 2.25. The van der Waals surface area contributed by atoms with Gasteiger partial charge in [-0.05, 0) is 32.8 Å². The lowest BCUT2D eigenvalue weighted by atomic mass is 9.91. The second-order valence-corrected chi connectivity index (χ2v) is 5.89. The molecule has 0 aliphatic carbocycles. The van der Waals surface area contributed by atoms with Crippen LogP contribution in [0.1, 0.15) is 45.7 Å². The summed E-state index contributed by atoms with van der Waals surface area (Å²) in [6, 6.07) is 8.45. The standard InChI is InChI=1S/C16H23NO4/c1-5-12(14(18)19)13(11-9-7-6-8-10-11)17-15(20)21-16(2,3)4/h6-10,12-13H,5H2,1-4H3,(H,17,20)(H,18,19). The van der Waals surface area contributed by atoms with E-state index < -0.39 is 29.6 Å². The van der Waals surface area contributed by atoms with Crippen LogP contribution in [0.25, 0.3) is 0 Å². The molecule has 1 aromatic rings. The fourth-order valence-corrected chi connectivity index (χ4v) is 2.06. The zero-order chi connectivity index (χ0) is 16.0. The molecule has 1 aromatic carbocycles. The third-order valence-electron chi connectivity index (χ3n) is 2.99. The number of alkyl carbamates (subject to hydrolysis) is 1. The molecule has 0 fully saturated rings. The first-order valence-corrected chi connectivity index (χ1v) is 7.02. The van der Waals surface area contributed by atoms with E-state index in [4.69, 9.17) is 4.74 Å². The summed E-state index contributed by atoms with van der Waals surface area (Å²) in [5.74, 6) is -1.65. The summed E-state index contributed by atoms with van der Waals surface area (Å²) in [7, 11) is 0. The van der Waals surface area contributed by atoms with Crippen LogP contribution >= 0.6 is 0 Å². The summed E-state index contributed by atoms with van der Waals surface area (Å²) < 4.78 is 5.22. The van der Waals surface area contributed by atoms with Crippen molar-refractivity contribution in [1.82, 2.24) is 5.32 Å². The second kappa shape index (κ2) is 7.11. The maximum atomic E-state index is 12.0. The minimum absolute atomic E-state index is 0.407. The maximum absolute atomic E-state index is 12.0. The third kappa shape index (κ3) is 5.45. The molecule has 0 aliphatic rings. The first-order valence-electron chi connectivity index (χ1n) is 7.02. The Morgan fingerprint density at radius 2 is 1.81 bits per heavy atom. The van der Waals surface area contributed by atoms with Crippen molar-refractivity contribution in [2.75, 3.05) is 0 Å². The molecule has 0 aromatic heterocycles. The number of amides is 1. The quantitative estimate of drug-likeness (QED) is 0.872. The SMILES string of the molecule is CCC(C(=O)O)C(NC(=O)OC(C)(C)C)c1ccccc1. The van der Waals surface area contributed by atoms with Gasteiger partial charge < -0.3 is 15.2 Å². The van der Waals surface area contributed by atoms with Gasteiger partial charge in [0.2, 0.25) is 0 Å². The van der Waals surface area contributed by atoms with Crippen LogP contribution in [-0.2, 0) is 9.53 Å². The van der Waals surface area contributed by atoms with Gasteiger partial charge in [-0.15, -0.1) is 0 Å². The summed E-state index contributed by atoms with van der Waals surface area (Å²) in [4.78, 5) is 23.4. The van der Waals surface area contributed by atoms with Crippen molar-refractivity contribution in [2.24, 2.45) is 5.92 Å². The van der Waals surface area contributed by atoms with Crippen molar-refractivity contribution in [1.29, 1.82) is 0 Å². The Bertz CT molecular complexity index is 479. The highest BCUT2D eigenvalue weighted by Gasteiger charge is 2.30. The molecule has 21 heavy (non-hydrogen) atoms. The van der Waals surface area contributed by atoms with Gasteiger partial charge in [0.05, 0.1) is 12.0 Å². The number of carbonyl (C=O) groups excluding carboxylic acids is 1. The van der Waals surface area contributed by atoms with Crippen molar-refractivity contribution < 1.29 is 19.4 Å². The highest BCUT2D eigenvalue weighted by molar-refractivity contribution is 5.74. The Kier molecular flexibility index (Phi) is 5.76. The van der Waals surface area contributed by atoms with Crippen LogP contribution in [-0.4, -0.2) is 22.8 Å². The van der Waals surface area contributed by atoms with Crippen LogP contribution < -0.4 is 5.32 Å². The molecule has 0 spiro atoms. The molecular weight excluding hydrogens is 270 g/mol. The van der Waals surface area contributed by atoms with E-state index in [0.717, 1.165) is 5.56 Å². The summed E-state index contributed by atoms with van der Waals surface area (Å²) in [6.45, 7) is 7.07. The normalized spacial score (nSPS) is 14.1. The Hall–Kier alpha value is -2.04. The summed E-state index contributed by atoms with van der Waals surface area (Å²) in [6.07, 6.45) is -0.207. The smallest absolute Gasteiger partial charge is 0.408 e. The topological polar surface area (TPSA) is 75.6 Å². The van der Waals surface area contributed by atoms with E-state index in [2.05, 4.69) is 5.32 Å². The van der Waals surface area contributed by atoms with Crippen LogP contribution in [0.2, 0.25) is 0 Å². The van der Waals surface area contributed by atoms with Crippen molar-refractivity contribution in [3.8, 4) is 0 Å². The fraction of sp³-hybridized carbons (Fsp3) is 0.500. The molecule has 5 heteroatoms. The van der Waals surface area contributed by atoms with Gasteiger partial charge in [0.25, 0.3) is 0 Å². The Labute approximate surface area is 125 Å². The molecule has 2 atom stereocenters. The zero-order valence-corrected chi connectivity index (χ0v) is 12.9. The number of aliphatic carboxylic acids is 1. The number of benzene rings is 1. The Balaban J connectivity index is 2.98. The molecule has 0 heterocycles. The lowest BCUT2D eigenvalue weighted by Crippen LogP contribution is -2.39. The Morgan fingerprint density at radius 1 is 1.24 bits per heavy atom. The van der Waals surface area contributed by atoms with Gasteiger partial charge in [0, 0.05) is 0 Å². The molecule has 5 nitrogen and oxygen atoms in total. The second-order valence-electron chi connectivity index (χ2n) is 5.89. The van der Waals surface area contributed by atoms with E-state index in [1.807, 2.05) is 18.2 Å².